The zero-order valence-electron chi connectivity index (χ0n) is 13.0. The van der Waals surface area contributed by atoms with Crippen LogP contribution >= 0.6 is 0 Å². The van der Waals surface area contributed by atoms with Gasteiger partial charge in [-0.25, -0.2) is 4.79 Å². The Labute approximate surface area is 125 Å². The molecule has 1 aromatic rings. The summed E-state index contributed by atoms with van der Waals surface area (Å²) in [6, 6.07) is 6.87. The molecule has 0 aliphatic carbocycles. The molecule has 0 saturated carbocycles. The van der Waals surface area contributed by atoms with Gasteiger partial charge in [-0.1, -0.05) is 26.0 Å². The monoisotopic (exact) mass is 293 g/mol. The van der Waals surface area contributed by atoms with E-state index in [0.29, 0.717) is 0 Å². The van der Waals surface area contributed by atoms with Crippen LogP contribution < -0.4 is 10.1 Å². The summed E-state index contributed by atoms with van der Waals surface area (Å²) in [4.78, 5) is 23.1. The van der Waals surface area contributed by atoms with E-state index in [9.17, 15) is 9.59 Å². The van der Waals surface area contributed by atoms with E-state index >= 15 is 0 Å². The quantitative estimate of drug-likeness (QED) is 0.785. The summed E-state index contributed by atoms with van der Waals surface area (Å²) >= 11 is 0. The highest BCUT2D eigenvalue weighted by molar-refractivity contribution is 5.69. The molecule has 0 aliphatic heterocycles. The van der Waals surface area contributed by atoms with Crippen molar-refractivity contribution in [3.63, 3.8) is 0 Å². The van der Waals surface area contributed by atoms with Gasteiger partial charge in [0, 0.05) is 5.92 Å². The third kappa shape index (κ3) is 4.77. The van der Waals surface area contributed by atoms with E-state index in [-0.39, 0.29) is 18.4 Å². The van der Waals surface area contributed by atoms with Crippen molar-refractivity contribution in [3.8, 4) is 5.75 Å². The van der Waals surface area contributed by atoms with E-state index in [0.717, 1.165) is 17.6 Å². The molecule has 21 heavy (non-hydrogen) atoms. The van der Waals surface area contributed by atoms with Gasteiger partial charge in [-0.05, 0) is 30.5 Å². The lowest BCUT2D eigenvalue weighted by Crippen LogP contribution is -2.36. The minimum atomic E-state index is -0.522. The summed E-state index contributed by atoms with van der Waals surface area (Å²) in [6.45, 7) is 5.92. The standard InChI is InChI=1S/C16H23NO4/c1-5-21-16(19)17-15(14(10-18)11(2)3)12-6-8-13(20-4)9-7-12/h6-11,14-15H,5H2,1-4H3,(H,17,19)/t14-,15+/m0/s1. The number of amides is 1. The number of ether oxygens (including phenoxy) is 2. The number of methoxy groups -OCH3 is 1. The number of hydrogen-bond acceptors (Lipinski definition) is 4. The molecule has 5 heteroatoms. The Bertz CT molecular complexity index is 456. The molecule has 1 amide bonds. The van der Waals surface area contributed by atoms with Crippen LogP contribution in [0.5, 0.6) is 5.75 Å². The molecule has 0 aromatic heterocycles. The fraction of sp³-hybridized carbons (Fsp3) is 0.500. The van der Waals surface area contributed by atoms with Crippen molar-refractivity contribution >= 4 is 12.4 Å². The molecule has 5 nitrogen and oxygen atoms in total. The van der Waals surface area contributed by atoms with Gasteiger partial charge in [-0.15, -0.1) is 0 Å². The van der Waals surface area contributed by atoms with Crippen LogP contribution in [0.25, 0.3) is 0 Å². The number of nitrogens with one attached hydrogen (secondary N) is 1. The van der Waals surface area contributed by atoms with Crippen LogP contribution in [-0.4, -0.2) is 26.1 Å². The number of rotatable bonds is 7. The van der Waals surface area contributed by atoms with Crippen LogP contribution in [0.3, 0.4) is 0 Å². The first-order valence-corrected chi connectivity index (χ1v) is 7.06. The van der Waals surface area contributed by atoms with Gasteiger partial charge < -0.3 is 19.6 Å². The first kappa shape index (κ1) is 17.0. The fourth-order valence-corrected chi connectivity index (χ4v) is 2.13. The van der Waals surface area contributed by atoms with Crippen LogP contribution in [0.4, 0.5) is 4.79 Å². The van der Waals surface area contributed by atoms with Gasteiger partial charge in [-0.3, -0.25) is 0 Å². The zero-order chi connectivity index (χ0) is 15.8. The predicted molar refractivity (Wildman–Crippen MR) is 80.3 cm³/mol. The summed E-state index contributed by atoms with van der Waals surface area (Å²) in [5, 5.41) is 2.77. The molecule has 0 heterocycles. The van der Waals surface area contributed by atoms with Crippen LogP contribution in [0, 0.1) is 11.8 Å². The molecule has 1 N–H and O–H groups in total. The Morgan fingerprint density at radius 3 is 2.33 bits per heavy atom. The van der Waals surface area contributed by atoms with Crippen LogP contribution in [0.2, 0.25) is 0 Å². The van der Waals surface area contributed by atoms with E-state index in [4.69, 9.17) is 9.47 Å². The second-order valence-electron chi connectivity index (χ2n) is 5.07. The SMILES string of the molecule is CCOC(=O)N[C@H](c1ccc(OC)cc1)[C@@H](C=O)C(C)C. The molecule has 0 radical (unpaired) electrons. The molecular formula is C16H23NO4. The van der Waals surface area contributed by atoms with Gasteiger partial charge in [0.05, 0.1) is 19.8 Å². The summed E-state index contributed by atoms with van der Waals surface area (Å²) < 4.78 is 10.0. The molecule has 0 bridgehead atoms. The third-order valence-electron chi connectivity index (χ3n) is 3.34. The van der Waals surface area contributed by atoms with Crippen molar-refractivity contribution in [2.75, 3.05) is 13.7 Å². The Balaban J connectivity index is 3.03. The molecule has 0 fully saturated rings. The zero-order valence-corrected chi connectivity index (χ0v) is 13.0. The van der Waals surface area contributed by atoms with E-state index in [2.05, 4.69) is 5.32 Å². The summed E-state index contributed by atoms with van der Waals surface area (Å²) in [5.74, 6) is 0.486. The first-order valence-electron chi connectivity index (χ1n) is 7.06. The maximum Gasteiger partial charge on any atom is 0.407 e. The molecule has 0 spiro atoms. The Morgan fingerprint density at radius 1 is 1.29 bits per heavy atom. The molecule has 2 atom stereocenters. The second kappa shape index (κ2) is 8.29. The topological polar surface area (TPSA) is 64.6 Å². The highest BCUT2D eigenvalue weighted by atomic mass is 16.5. The minimum Gasteiger partial charge on any atom is -0.497 e. The van der Waals surface area contributed by atoms with Gasteiger partial charge in [0.25, 0.3) is 0 Å². The van der Waals surface area contributed by atoms with Crippen molar-refractivity contribution in [2.45, 2.75) is 26.8 Å². The number of aldehydes is 1. The highest BCUT2D eigenvalue weighted by Crippen LogP contribution is 2.28. The van der Waals surface area contributed by atoms with E-state index < -0.39 is 12.1 Å². The molecule has 0 unspecified atom stereocenters. The lowest BCUT2D eigenvalue weighted by Gasteiger charge is -2.27. The first-order chi connectivity index (χ1) is 10.0. The Hall–Kier alpha value is -2.04. The highest BCUT2D eigenvalue weighted by Gasteiger charge is 2.27. The number of benzene rings is 1. The van der Waals surface area contributed by atoms with Gasteiger partial charge in [0.1, 0.15) is 12.0 Å². The van der Waals surface area contributed by atoms with Gasteiger partial charge >= 0.3 is 6.09 Å². The average molecular weight is 293 g/mol. The molecule has 0 saturated heterocycles. The van der Waals surface area contributed by atoms with Crippen LogP contribution in [0.1, 0.15) is 32.4 Å². The summed E-state index contributed by atoms with van der Waals surface area (Å²) in [6.07, 6.45) is 0.358. The van der Waals surface area contributed by atoms with Crippen LogP contribution in [-0.2, 0) is 9.53 Å². The maximum atomic E-state index is 11.7. The minimum absolute atomic E-state index is 0.0940. The normalized spacial score (nSPS) is 13.4. The van der Waals surface area contributed by atoms with Crippen molar-refractivity contribution in [3.05, 3.63) is 29.8 Å². The number of carbonyl (C=O) groups excluding carboxylic acids is 2. The third-order valence-corrected chi connectivity index (χ3v) is 3.34. The molecule has 116 valence electrons. The Morgan fingerprint density at radius 2 is 1.90 bits per heavy atom. The van der Waals surface area contributed by atoms with Gasteiger partial charge in [0.2, 0.25) is 0 Å². The van der Waals surface area contributed by atoms with Crippen molar-refractivity contribution < 1.29 is 19.1 Å². The number of alkyl carbamates (subject to hydrolysis) is 1. The molecule has 1 rings (SSSR count). The summed E-state index contributed by atoms with van der Waals surface area (Å²) in [5.41, 5.74) is 0.842. The van der Waals surface area contributed by atoms with Crippen LogP contribution in [0.15, 0.2) is 24.3 Å². The van der Waals surface area contributed by atoms with E-state index in [1.165, 1.54) is 0 Å². The molecule has 1 aromatic carbocycles. The smallest absolute Gasteiger partial charge is 0.407 e. The van der Waals surface area contributed by atoms with E-state index in [1.54, 1.807) is 26.2 Å². The van der Waals surface area contributed by atoms with Gasteiger partial charge in [-0.2, -0.15) is 0 Å². The largest absolute Gasteiger partial charge is 0.497 e. The number of carbonyl (C=O) groups is 2. The van der Waals surface area contributed by atoms with Crippen molar-refractivity contribution in [1.82, 2.24) is 5.32 Å². The number of hydrogen-bond donors (Lipinski definition) is 1. The molecular weight excluding hydrogens is 270 g/mol. The van der Waals surface area contributed by atoms with Crippen molar-refractivity contribution in [1.29, 1.82) is 0 Å². The molecule has 0 aliphatic rings. The van der Waals surface area contributed by atoms with E-state index in [1.807, 2.05) is 26.0 Å². The fourth-order valence-electron chi connectivity index (χ4n) is 2.13. The maximum absolute atomic E-state index is 11.7. The average Bonchev–Trinajstić information content (AvgIpc) is 2.47. The van der Waals surface area contributed by atoms with Gasteiger partial charge in [0.15, 0.2) is 0 Å². The predicted octanol–water partition coefficient (Wildman–Crippen LogP) is 2.95. The lowest BCUT2D eigenvalue weighted by molar-refractivity contribution is -0.113. The lowest BCUT2D eigenvalue weighted by atomic mass is 9.85. The second-order valence-corrected chi connectivity index (χ2v) is 5.07. The van der Waals surface area contributed by atoms with Crippen molar-refractivity contribution in [2.24, 2.45) is 11.8 Å². The summed E-state index contributed by atoms with van der Waals surface area (Å²) in [7, 11) is 1.59. The Kier molecular flexibility index (Phi) is 6.72.